The molecule has 1 aromatic carbocycles. The Labute approximate surface area is 61.3 Å². The normalized spacial score (nSPS) is 10.1. The summed E-state index contributed by atoms with van der Waals surface area (Å²) in [6.45, 7) is 0. The van der Waals surface area contributed by atoms with Gasteiger partial charge in [-0.05, 0) is 5.56 Å². The van der Waals surface area contributed by atoms with Crippen molar-refractivity contribution < 1.29 is 5.02 Å². The maximum Gasteiger partial charge on any atom is 0.297 e. The molecule has 1 nitrogen and oxygen atoms in total. The lowest BCUT2D eigenvalue weighted by Gasteiger charge is -1.87. The first-order valence-corrected chi connectivity index (χ1v) is 3.26. The minimum atomic E-state index is 0.106. The van der Waals surface area contributed by atoms with Crippen LogP contribution in [0.3, 0.4) is 0 Å². The zero-order valence-electron chi connectivity index (χ0n) is 5.70. The van der Waals surface area contributed by atoms with E-state index in [9.17, 15) is 0 Å². The van der Waals surface area contributed by atoms with E-state index >= 15 is 0 Å². The van der Waals surface area contributed by atoms with E-state index in [1.165, 1.54) is 0 Å². The van der Waals surface area contributed by atoms with Crippen LogP contribution in [0.1, 0.15) is 5.56 Å². The maximum absolute atomic E-state index is 8.44. The van der Waals surface area contributed by atoms with Crippen molar-refractivity contribution in [3.05, 3.63) is 41.9 Å². The SMILES string of the molecule is OB/C=C/c1ccccc1. The van der Waals surface area contributed by atoms with E-state index in [1.54, 1.807) is 5.98 Å². The number of benzene rings is 1. The predicted molar refractivity (Wildman–Crippen MR) is 44.8 cm³/mol. The fourth-order valence-corrected chi connectivity index (χ4v) is 0.753. The van der Waals surface area contributed by atoms with Crippen molar-refractivity contribution in [3.8, 4) is 0 Å². The molecule has 0 spiro atoms. The van der Waals surface area contributed by atoms with Gasteiger partial charge in [-0.25, -0.2) is 0 Å². The highest BCUT2D eigenvalue weighted by atomic mass is 16.2. The summed E-state index contributed by atoms with van der Waals surface area (Å²) in [6.07, 6.45) is 1.89. The molecule has 0 heterocycles. The molecule has 0 aromatic heterocycles. The van der Waals surface area contributed by atoms with Crippen molar-refractivity contribution in [1.82, 2.24) is 0 Å². The molecule has 0 saturated heterocycles. The summed E-state index contributed by atoms with van der Waals surface area (Å²) in [5, 5.41) is 8.44. The lowest BCUT2D eigenvalue weighted by molar-refractivity contribution is 0.615. The van der Waals surface area contributed by atoms with Crippen molar-refractivity contribution in [1.29, 1.82) is 0 Å². The topological polar surface area (TPSA) is 20.2 Å². The Morgan fingerprint density at radius 1 is 1.20 bits per heavy atom. The second-order valence-electron chi connectivity index (χ2n) is 2.00. The smallest absolute Gasteiger partial charge is 0.297 e. The molecular weight excluding hydrogens is 123 g/mol. The monoisotopic (exact) mass is 132 g/mol. The molecule has 1 N–H and O–H groups in total. The highest BCUT2D eigenvalue weighted by molar-refractivity contribution is 6.33. The number of hydrogen-bond donors (Lipinski definition) is 1. The third kappa shape index (κ3) is 2.07. The molecule has 0 saturated carbocycles. The molecule has 2 heteroatoms. The number of rotatable bonds is 2. The molecule has 1 aromatic rings. The van der Waals surface area contributed by atoms with Crippen molar-refractivity contribution in [3.63, 3.8) is 0 Å². The average Bonchev–Trinajstić information content (AvgIpc) is 2.03. The van der Waals surface area contributed by atoms with Gasteiger partial charge in [0.25, 0.3) is 7.48 Å². The van der Waals surface area contributed by atoms with Gasteiger partial charge in [-0.3, -0.25) is 0 Å². The zero-order valence-corrected chi connectivity index (χ0v) is 5.70. The maximum atomic E-state index is 8.44. The Morgan fingerprint density at radius 3 is 2.50 bits per heavy atom. The molecule has 0 bridgehead atoms. The first kappa shape index (κ1) is 7.10. The van der Waals surface area contributed by atoms with Gasteiger partial charge in [-0.15, -0.1) is 0 Å². The molecule has 0 aliphatic rings. The zero-order chi connectivity index (χ0) is 7.23. The van der Waals surface area contributed by atoms with E-state index < -0.39 is 0 Å². The van der Waals surface area contributed by atoms with Crippen LogP contribution < -0.4 is 0 Å². The second-order valence-corrected chi connectivity index (χ2v) is 2.00. The second kappa shape index (κ2) is 3.91. The van der Waals surface area contributed by atoms with Crippen LogP contribution in [0, 0.1) is 0 Å². The van der Waals surface area contributed by atoms with Gasteiger partial charge in [0.15, 0.2) is 0 Å². The van der Waals surface area contributed by atoms with Gasteiger partial charge in [0.1, 0.15) is 0 Å². The molecular formula is C8H9BO. The molecule has 10 heavy (non-hydrogen) atoms. The van der Waals surface area contributed by atoms with E-state index in [0.717, 1.165) is 5.56 Å². The van der Waals surface area contributed by atoms with Crippen molar-refractivity contribution in [2.75, 3.05) is 0 Å². The van der Waals surface area contributed by atoms with E-state index in [1.807, 2.05) is 36.4 Å². The Kier molecular flexibility index (Phi) is 2.77. The Bertz CT molecular complexity index is 206. The molecule has 0 amide bonds. The predicted octanol–water partition coefficient (Wildman–Crippen LogP) is 1.00. The van der Waals surface area contributed by atoms with Crippen LogP contribution in [0.5, 0.6) is 0 Å². The molecule has 0 unspecified atom stereocenters. The molecule has 1 rings (SSSR count). The van der Waals surface area contributed by atoms with Gasteiger partial charge in [0.2, 0.25) is 0 Å². The Hall–Kier alpha value is -1.02. The molecule has 0 fully saturated rings. The molecule has 50 valence electrons. The van der Waals surface area contributed by atoms with Crippen LogP contribution in [0.2, 0.25) is 0 Å². The number of hydrogen-bond acceptors (Lipinski definition) is 1. The minimum Gasteiger partial charge on any atom is -0.450 e. The molecule has 0 aliphatic heterocycles. The van der Waals surface area contributed by atoms with Crippen molar-refractivity contribution >= 4 is 13.6 Å². The van der Waals surface area contributed by atoms with E-state index in [-0.39, 0.29) is 7.48 Å². The van der Waals surface area contributed by atoms with Gasteiger partial charge in [-0.2, -0.15) is 0 Å². The fourth-order valence-electron chi connectivity index (χ4n) is 0.753. The summed E-state index contributed by atoms with van der Waals surface area (Å²) in [4.78, 5) is 0. The van der Waals surface area contributed by atoms with Gasteiger partial charge < -0.3 is 5.02 Å². The largest absolute Gasteiger partial charge is 0.450 e. The van der Waals surface area contributed by atoms with Crippen LogP contribution >= 0.6 is 0 Å². The minimum absolute atomic E-state index is 0.106. The first-order valence-electron chi connectivity index (χ1n) is 3.26. The Balaban J connectivity index is 2.67. The summed E-state index contributed by atoms with van der Waals surface area (Å²) in [5.74, 6) is 1.72. The van der Waals surface area contributed by atoms with Crippen LogP contribution in [-0.4, -0.2) is 12.5 Å². The average molecular weight is 132 g/mol. The fraction of sp³-hybridized carbons (Fsp3) is 0. The molecule has 0 atom stereocenters. The summed E-state index contributed by atoms with van der Waals surface area (Å²) in [5.41, 5.74) is 1.12. The van der Waals surface area contributed by atoms with Gasteiger partial charge >= 0.3 is 0 Å². The van der Waals surface area contributed by atoms with E-state index in [2.05, 4.69) is 0 Å². The van der Waals surface area contributed by atoms with Gasteiger partial charge in [-0.1, -0.05) is 42.4 Å². The molecule has 0 aliphatic carbocycles. The highest BCUT2D eigenvalue weighted by Crippen LogP contribution is 1.99. The van der Waals surface area contributed by atoms with Crippen LogP contribution in [0.15, 0.2) is 36.3 Å². The van der Waals surface area contributed by atoms with Crippen LogP contribution in [0.25, 0.3) is 6.08 Å². The van der Waals surface area contributed by atoms with E-state index in [0.29, 0.717) is 0 Å². The van der Waals surface area contributed by atoms with Crippen molar-refractivity contribution in [2.24, 2.45) is 0 Å². The lowest BCUT2D eigenvalue weighted by Crippen LogP contribution is -1.77. The highest BCUT2D eigenvalue weighted by Gasteiger charge is 1.80. The standard InChI is InChI=1S/C8H9BO/c10-9-7-6-8-4-2-1-3-5-8/h1-7,9-10H/b7-6+. The third-order valence-corrected chi connectivity index (χ3v) is 1.22. The Morgan fingerprint density at radius 2 is 1.90 bits per heavy atom. The summed E-state index contributed by atoms with van der Waals surface area (Å²) >= 11 is 0. The van der Waals surface area contributed by atoms with Crippen LogP contribution in [-0.2, 0) is 0 Å². The van der Waals surface area contributed by atoms with Crippen molar-refractivity contribution in [2.45, 2.75) is 0 Å². The third-order valence-electron chi connectivity index (χ3n) is 1.22. The summed E-state index contributed by atoms with van der Waals surface area (Å²) in [6, 6.07) is 9.89. The molecule has 0 radical (unpaired) electrons. The first-order chi connectivity index (χ1) is 4.93. The van der Waals surface area contributed by atoms with Gasteiger partial charge in [0.05, 0.1) is 0 Å². The quantitative estimate of drug-likeness (QED) is 0.595. The van der Waals surface area contributed by atoms with Crippen LogP contribution in [0.4, 0.5) is 0 Å². The summed E-state index contributed by atoms with van der Waals surface area (Å²) < 4.78 is 0. The summed E-state index contributed by atoms with van der Waals surface area (Å²) in [7, 11) is 0.106. The van der Waals surface area contributed by atoms with Gasteiger partial charge in [0, 0.05) is 0 Å². The van der Waals surface area contributed by atoms with E-state index in [4.69, 9.17) is 5.02 Å². The lowest BCUT2D eigenvalue weighted by atomic mass is 10.0.